The van der Waals surface area contributed by atoms with Crippen LogP contribution in [0.2, 0.25) is 0 Å². The molecule has 0 aromatic heterocycles. The average molecular weight is 301 g/mol. The van der Waals surface area contributed by atoms with Gasteiger partial charge in [-0.15, -0.1) is 11.8 Å². The van der Waals surface area contributed by atoms with E-state index in [1.807, 2.05) is 62.4 Å². The van der Waals surface area contributed by atoms with Crippen molar-refractivity contribution < 1.29 is 9.53 Å². The number of hydrogen-bond donors (Lipinski definition) is 1. The molecule has 0 aliphatic rings. The summed E-state index contributed by atoms with van der Waals surface area (Å²) < 4.78 is 5.21. The lowest BCUT2D eigenvalue weighted by atomic mass is 10.1. The molecule has 21 heavy (non-hydrogen) atoms. The second kappa shape index (κ2) is 7.18. The van der Waals surface area contributed by atoms with Gasteiger partial charge in [-0.25, -0.2) is 0 Å². The maximum Gasteiger partial charge on any atom is 0.323 e. The van der Waals surface area contributed by atoms with Crippen LogP contribution in [0.4, 0.5) is 5.69 Å². The number of hydrogen-bond acceptors (Lipinski definition) is 4. The van der Waals surface area contributed by atoms with Gasteiger partial charge in [0, 0.05) is 10.6 Å². The van der Waals surface area contributed by atoms with Gasteiger partial charge in [-0.1, -0.05) is 30.3 Å². The third-order valence-electron chi connectivity index (χ3n) is 3.05. The predicted molar refractivity (Wildman–Crippen MR) is 87.3 cm³/mol. The molecule has 0 saturated carbocycles. The third-order valence-corrected chi connectivity index (χ3v) is 4.46. The van der Waals surface area contributed by atoms with Crippen molar-refractivity contribution in [3.05, 3.63) is 59.7 Å². The highest BCUT2D eigenvalue weighted by atomic mass is 32.2. The van der Waals surface area contributed by atoms with Crippen LogP contribution in [0.25, 0.3) is 0 Å². The van der Waals surface area contributed by atoms with E-state index in [1.165, 1.54) is 11.8 Å². The van der Waals surface area contributed by atoms with Crippen molar-refractivity contribution in [1.82, 2.24) is 0 Å². The lowest BCUT2D eigenvalue weighted by molar-refractivity contribution is -0.142. The Morgan fingerprint density at radius 3 is 2.57 bits per heavy atom. The number of anilines is 1. The van der Waals surface area contributed by atoms with Crippen LogP contribution in [0, 0.1) is 6.92 Å². The number of nitrogen functional groups attached to an aromatic ring is 1. The Bertz CT molecular complexity index is 613. The van der Waals surface area contributed by atoms with E-state index in [-0.39, 0.29) is 11.2 Å². The van der Waals surface area contributed by atoms with Crippen LogP contribution in [0.1, 0.15) is 23.3 Å². The van der Waals surface area contributed by atoms with E-state index >= 15 is 0 Å². The van der Waals surface area contributed by atoms with Crippen LogP contribution in [0.3, 0.4) is 0 Å². The Hall–Kier alpha value is -1.94. The van der Waals surface area contributed by atoms with Crippen molar-refractivity contribution in [2.45, 2.75) is 24.0 Å². The van der Waals surface area contributed by atoms with E-state index in [0.717, 1.165) is 21.7 Å². The highest BCUT2D eigenvalue weighted by Crippen LogP contribution is 2.38. The molecule has 0 saturated heterocycles. The van der Waals surface area contributed by atoms with Crippen molar-refractivity contribution in [2.75, 3.05) is 12.3 Å². The number of carbonyl (C=O) groups is 1. The van der Waals surface area contributed by atoms with Crippen LogP contribution in [-0.2, 0) is 9.53 Å². The van der Waals surface area contributed by atoms with Gasteiger partial charge in [-0.05, 0) is 43.2 Å². The van der Waals surface area contributed by atoms with Crippen LogP contribution in [0.5, 0.6) is 0 Å². The standard InChI is InChI=1S/C17H19NO2S/c1-3-20-17(19)16(13-7-5-4-6-8-13)21-15-10-9-14(18)11-12(15)2/h4-11,16H,3,18H2,1-2H3. The number of nitrogens with two attached hydrogens (primary N) is 1. The van der Waals surface area contributed by atoms with E-state index < -0.39 is 0 Å². The number of thioether (sulfide) groups is 1. The SMILES string of the molecule is CCOC(=O)C(Sc1ccc(N)cc1C)c1ccccc1. The molecule has 0 bridgehead atoms. The maximum absolute atomic E-state index is 12.3. The minimum atomic E-state index is -0.367. The molecule has 0 radical (unpaired) electrons. The van der Waals surface area contributed by atoms with E-state index in [0.29, 0.717) is 6.61 Å². The van der Waals surface area contributed by atoms with Gasteiger partial charge in [0.15, 0.2) is 0 Å². The molecule has 2 rings (SSSR count). The quantitative estimate of drug-likeness (QED) is 0.516. The van der Waals surface area contributed by atoms with Crippen molar-refractivity contribution in [2.24, 2.45) is 0 Å². The minimum Gasteiger partial charge on any atom is -0.465 e. The molecule has 3 nitrogen and oxygen atoms in total. The first-order valence-corrected chi connectivity index (χ1v) is 7.74. The molecular formula is C17H19NO2S. The van der Waals surface area contributed by atoms with Crippen molar-refractivity contribution in [3.8, 4) is 0 Å². The molecule has 110 valence electrons. The molecule has 4 heteroatoms. The van der Waals surface area contributed by atoms with Crippen LogP contribution in [0.15, 0.2) is 53.4 Å². The number of ether oxygens (including phenoxy) is 1. The van der Waals surface area contributed by atoms with E-state index in [4.69, 9.17) is 10.5 Å². The zero-order chi connectivity index (χ0) is 15.2. The molecule has 0 heterocycles. The summed E-state index contributed by atoms with van der Waals surface area (Å²) in [4.78, 5) is 13.3. The summed E-state index contributed by atoms with van der Waals surface area (Å²) in [6, 6.07) is 15.4. The zero-order valence-electron chi connectivity index (χ0n) is 12.2. The van der Waals surface area contributed by atoms with Gasteiger partial charge in [0.1, 0.15) is 5.25 Å². The van der Waals surface area contributed by atoms with Crippen LogP contribution in [-0.4, -0.2) is 12.6 Å². The topological polar surface area (TPSA) is 52.3 Å². The fourth-order valence-corrected chi connectivity index (χ4v) is 3.13. The molecule has 0 aliphatic carbocycles. The largest absolute Gasteiger partial charge is 0.465 e. The van der Waals surface area contributed by atoms with Crippen LogP contribution < -0.4 is 5.73 Å². The molecule has 1 atom stereocenters. The van der Waals surface area contributed by atoms with Gasteiger partial charge < -0.3 is 10.5 Å². The normalized spacial score (nSPS) is 11.9. The molecule has 2 aromatic carbocycles. The van der Waals surface area contributed by atoms with Crippen molar-refractivity contribution >= 4 is 23.4 Å². The highest BCUT2D eigenvalue weighted by Gasteiger charge is 2.23. The number of rotatable bonds is 5. The van der Waals surface area contributed by atoms with Gasteiger partial charge in [-0.3, -0.25) is 4.79 Å². The van der Waals surface area contributed by atoms with Gasteiger partial charge in [-0.2, -0.15) is 0 Å². The molecule has 0 fully saturated rings. The minimum absolute atomic E-state index is 0.218. The smallest absolute Gasteiger partial charge is 0.323 e. The Balaban J connectivity index is 2.30. The number of carbonyl (C=O) groups excluding carboxylic acids is 1. The lowest BCUT2D eigenvalue weighted by Gasteiger charge is -2.17. The molecule has 0 spiro atoms. The van der Waals surface area contributed by atoms with Crippen molar-refractivity contribution in [3.63, 3.8) is 0 Å². The number of aryl methyl sites for hydroxylation is 1. The van der Waals surface area contributed by atoms with Gasteiger partial charge in [0.05, 0.1) is 6.61 Å². The Morgan fingerprint density at radius 2 is 1.95 bits per heavy atom. The second-order valence-electron chi connectivity index (χ2n) is 4.69. The summed E-state index contributed by atoms with van der Waals surface area (Å²) >= 11 is 1.50. The maximum atomic E-state index is 12.3. The Morgan fingerprint density at radius 1 is 1.24 bits per heavy atom. The summed E-state index contributed by atoms with van der Waals surface area (Å²) in [6.45, 7) is 4.19. The number of benzene rings is 2. The Labute approximate surface area is 129 Å². The second-order valence-corrected chi connectivity index (χ2v) is 5.83. The third kappa shape index (κ3) is 4.02. The van der Waals surface area contributed by atoms with E-state index in [2.05, 4.69) is 0 Å². The van der Waals surface area contributed by atoms with E-state index in [9.17, 15) is 4.79 Å². The molecule has 0 amide bonds. The summed E-state index contributed by atoms with van der Waals surface area (Å²) in [6.07, 6.45) is 0. The molecule has 2 N–H and O–H groups in total. The monoisotopic (exact) mass is 301 g/mol. The first-order chi connectivity index (χ1) is 10.1. The van der Waals surface area contributed by atoms with E-state index in [1.54, 1.807) is 0 Å². The first kappa shape index (κ1) is 15.4. The zero-order valence-corrected chi connectivity index (χ0v) is 13.0. The summed E-state index contributed by atoms with van der Waals surface area (Å²) in [7, 11) is 0. The first-order valence-electron chi connectivity index (χ1n) is 6.86. The molecule has 0 aliphatic heterocycles. The Kier molecular flexibility index (Phi) is 5.28. The molecular weight excluding hydrogens is 282 g/mol. The lowest BCUT2D eigenvalue weighted by Crippen LogP contribution is -2.13. The molecule has 1 unspecified atom stereocenters. The number of esters is 1. The fourth-order valence-electron chi connectivity index (χ4n) is 2.03. The summed E-state index contributed by atoms with van der Waals surface area (Å²) in [5.74, 6) is -0.218. The van der Waals surface area contributed by atoms with Crippen LogP contribution >= 0.6 is 11.8 Å². The van der Waals surface area contributed by atoms with Gasteiger partial charge >= 0.3 is 5.97 Å². The predicted octanol–water partition coefficient (Wildman–Crippen LogP) is 3.97. The van der Waals surface area contributed by atoms with Gasteiger partial charge in [0.25, 0.3) is 0 Å². The van der Waals surface area contributed by atoms with Crippen molar-refractivity contribution in [1.29, 1.82) is 0 Å². The summed E-state index contributed by atoms with van der Waals surface area (Å²) in [5.41, 5.74) is 8.50. The van der Waals surface area contributed by atoms with Gasteiger partial charge in [0.2, 0.25) is 0 Å². The average Bonchev–Trinajstić information content (AvgIpc) is 2.47. The summed E-state index contributed by atoms with van der Waals surface area (Å²) in [5, 5.41) is -0.367. The fraction of sp³-hybridized carbons (Fsp3) is 0.235. The molecule has 2 aromatic rings. The highest BCUT2D eigenvalue weighted by molar-refractivity contribution is 8.00.